The van der Waals surface area contributed by atoms with Gasteiger partial charge in [-0.05, 0) is 54.6 Å². The highest BCUT2D eigenvalue weighted by Gasteiger charge is 2.12. The van der Waals surface area contributed by atoms with Crippen molar-refractivity contribution >= 4 is 45.4 Å². The zero-order valence-corrected chi connectivity index (χ0v) is 15.1. The van der Waals surface area contributed by atoms with Crippen molar-refractivity contribution in [2.75, 3.05) is 5.43 Å². The first kappa shape index (κ1) is 17.3. The Bertz CT molecular complexity index is 936. The van der Waals surface area contributed by atoms with Gasteiger partial charge in [-0.2, -0.15) is 5.10 Å². The number of rotatable bonds is 5. The van der Waals surface area contributed by atoms with Gasteiger partial charge in [-0.1, -0.05) is 27.5 Å². The standard InChI is InChI=1S/C18H12BrClN2O3/c19-12-2-4-13(5-3-12)22-21-10-14-6-8-17(25-14)15-9-11(18(23)24)1-7-16(15)20/h1-10,22H,(H,23,24)/b21-10-. The summed E-state index contributed by atoms with van der Waals surface area (Å²) >= 11 is 9.51. The molecular formula is C18H12BrClN2O3. The first-order valence-corrected chi connectivity index (χ1v) is 8.38. The Morgan fingerprint density at radius 1 is 1.16 bits per heavy atom. The number of hydrogen-bond acceptors (Lipinski definition) is 4. The maximum absolute atomic E-state index is 11.1. The van der Waals surface area contributed by atoms with Gasteiger partial charge in [0.15, 0.2) is 0 Å². The molecule has 7 heteroatoms. The molecule has 0 saturated carbocycles. The highest BCUT2D eigenvalue weighted by Crippen LogP contribution is 2.30. The lowest BCUT2D eigenvalue weighted by Crippen LogP contribution is -1.96. The number of carboxylic acid groups (broad SMARTS) is 1. The van der Waals surface area contributed by atoms with E-state index < -0.39 is 5.97 Å². The fourth-order valence-corrected chi connectivity index (χ4v) is 2.58. The van der Waals surface area contributed by atoms with Gasteiger partial charge in [0.1, 0.15) is 11.5 Å². The summed E-state index contributed by atoms with van der Waals surface area (Å²) in [5.41, 5.74) is 4.38. The second-order valence-electron chi connectivity index (χ2n) is 5.08. The molecule has 2 aromatic carbocycles. The van der Waals surface area contributed by atoms with E-state index in [1.807, 2.05) is 24.3 Å². The minimum absolute atomic E-state index is 0.142. The van der Waals surface area contributed by atoms with E-state index >= 15 is 0 Å². The van der Waals surface area contributed by atoms with Crippen LogP contribution in [0.3, 0.4) is 0 Å². The van der Waals surface area contributed by atoms with E-state index in [4.69, 9.17) is 21.1 Å². The number of hydrogen-bond donors (Lipinski definition) is 2. The first-order valence-electron chi connectivity index (χ1n) is 7.20. The van der Waals surface area contributed by atoms with Crippen LogP contribution in [0.2, 0.25) is 5.02 Å². The number of halogens is 2. The quantitative estimate of drug-likeness (QED) is 0.422. The number of hydrazone groups is 1. The minimum atomic E-state index is -1.02. The summed E-state index contributed by atoms with van der Waals surface area (Å²) < 4.78 is 6.65. The Morgan fingerprint density at radius 2 is 1.92 bits per heavy atom. The van der Waals surface area contributed by atoms with Gasteiger partial charge >= 0.3 is 5.97 Å². The number of furan rings is 1. The Morgan fingerprint density at radius 3 is 2.64 bits per heavy atom. The number of carboxylic acids is 1. The molecule has 0 saturated heterocycles. The monoisotopic (exact) mass is 418 g/mol. The first-order chi connectivity index (χ1) is 12.0. The highest BCUT2D eigenvalue weighted by atomic mass is 79.9. The summed E-state index contributed by atoms with van der Waals surface area (Å²) in [5, 5.41) is 13.6. The number of anilines is 1. The van der Waals surface area contributed by atoms with Crippen LogP contribution in [-0.4, -0.2) is 17.3 Å². The van der Waals surface area contributed by atoms with Crippen LogP contribution < -0.4 is 5.43 Å². The average Bonchev–Trinajstić information content (AvgIpc) is 3.05. The molecule has 0 aliphatic carbocycles. The molecule has 25 heavy (non-hydrogen) atoms. The molecule has 0 atom stereocenters. The third-order valence-electron chi connectivity index (χ3n) is 3.34. The molecule has 0 spiro atoms. The van der Waals surface area contributed by atoms with E-state index in [-0.39, 0.29) is 5.56 Å². The maximum atomic E-state index is 11.1. The molecule has 2 N–H and O–H groups in total. The Balaban J connectivity index is 1.76. The lowest BCUT2D eigenvalue weighted by molar-refractivity contribution is 0.0697. The van der Waals surface area contributed by atoms with Crippen molar-refractivity contribution in [1.29, 1.82) is 0 Å². The highest BCUT2D eigenvalue weighted by molar-refractivity contribution is 9.10. The predicted molar refractivity (Wildman–Crippen MR) is 101 cm³/mol. The van der Waals surface area contributed by atoms with Crippen LogP contribution in [-0.2, 0) is 0 Å². The van der Waals surface area contributed by atoms with E-state index in [0.29, 0.717) is 22.1 Å². The molecule has 3 rings (SSSR count). The summed E-state index contributed by atoms with van der Waals surface area (Å²) in [6, 6.07) is 15.5. The van der Waals surface area contributed by atoms with Crippen molar-refractivity contribution in [3.8, 4) is 11.3 Å². The van der Waals surface area contributed by atoms with Crippen molar-refractivity contribution in [3.63, 3.8) is 0 Å². The lowest BCUT2D eigenvalue weighted by Gasteiger charge is -2.02. The molecule has 0 fully saturated rings. The average molecular weight is 420 g/mol. The van der Waals surface area contributed by atoms with Crippen molar-refractivity contribution in [2.24, 2.45) is 5.10 Å². The summed E-state index contributed by atoms with van der Waals surface area (Å²) in [7, 11) is 0. The van der Waals surface area contributed by atoms with E-state index in [2.05, 4.69) is 26.5 Å². The van der Waals surface area contributed by atoms with Gasteiger partial charge in [0, 0.05) is 10.0 Å². The largest absolute Gasteiger partial charge is 0.478 e. The van der Waals surface area contributed by atoms with Crippen molar-refractivity contribution in [3.05, 3.63) is 75.4 Å². The number of nitrogens with zero attached hydrogens (tertiary/aromatic N) is 1. The van der Waals surface area contributed by atoms with Crippen LogP contribution in [0.5, 0.6) is 0 Å². The summed E-state index contributed by atoms with van der Waals surface area (Å²) in [4.78, 5) is 11.1. The third-order valence-corrected chi connectivity index (χ3v) is 4.19. The van der Waals surface area contributed by atoms with Crippen molar-refractivity contribution < 1.29 is 14.3 Å². The molecule has 0 aliphatic rings. The van der Waals surface area contributed by atoms with Gasteiger partial charge in [-0.15, -0.1) is 0 Å². The molecule has 0 amide bonds. The molecule has 126 valence electrons. The molecule has 3 aromatic rings. The molecule has 0 aliphatic heterocycles. The SMILES string of the molecule is O=C(O)c1ccc(Cl)c(-c2ccc(/C=N\Nc3ccc(Br)cc3)o2)c1. The van der Waals surface area contributed by atoms with E-state index in [0.717, 1.165) is 10.2 Å². The molecule has 1 heterocycles. The molecule has 0 bridgehead atoms. The van der Waals surface area contributed by atoms with E-state index in [1.54, 1.807) is 12.1 Å². The lowest BCUT2D eigenvalue weighted by atomic mass is 10.1. The Kier molecular flexibility index (Phi) is 5.21. The summed E-state index contributed by atoms with van der Waals surface area (Å²) in [6.07, 6.45) is 1.53. The smallest absolute Gasteiger partial charge is 0.335 e. The molecule has 5 nitrogen and oxygen atoms in total. The van der Waals surface area contributed by atoms with E-state index in [9.17, 15) is 4.79 Å². The zero-order valence-electron chi connectivity index (χ0n) is 12.7. The maximum Gasteiger partial charge on any atom is 0.335 e. The Labute approximate surface area is 157 Å². The number of aromatic carboxylic acids is 1. The van der Waals surface area contributed by atoms with Crippen LogP contribution in [0, 0.1) is 0 Å². The second kappa shape index (κ2) is 7.55. The predicted octanol–water partition coefficient (Wildman–Crippen LogP) is 5.51. The zero-order chi connectivity index (χ0) is 17.8. The van der Waals surface area contributed by atoms with Crippen LogP contribution in [0.4, 0.5) is 5.69 Å². The topological polar surface area (TPSA) is 74.8 Å². The molecule has 0 radical (unpaired) electrons. The van der Waals surface area contributed by atoms with Gasteiger partial charge in [-0.3, -0.25) is 5.43 Å². The molecule has 0 unspecified atom stereocenters. The molecular weight excluding hydrogens is 408 g/mol. The van der Waals surface area contributed by atoms with Crippen LogP contribution in [0.1, 0.15) is 16.1 Å². The van der Waals surface area contributed by atoms with Crippen molar-refractivity contribution in [1.82, 2.24) is 0 Å². The van der Waals surface area contributed by atoms with Crippen LogP contribution in [0.25, 0.3) is 11.3 Å². The van der Waals surface area contributed by atoms with Crippen LogP contribution >= 0.6 is 27.5 Å². The van der Waals surface area contributed by atoms with Crippen molar-refractivity contribution in [2.45, 2.75) is 0 Å². The van der Waals surface area contributed by atoms with Gasteiger partial charge < -0.3 is 9.52 Å². The van der Waals surface area contributed by atoms with Gasteiger partial charge in [0.25, 0.3) is 0 Å². The molecule has 1 aromatic heterocycles. The normalized spacial score (nSPS) is 11.0. The number of benzene rings is 2. The second-order valence-corrected chi connectivity index (χ2v) is 6.40. The van der Waals surface area contributed by atoms with Gasteiger partial charge in [0.2, 0.25) is 0 Å². The van der Waals surface area contributed by atoms with Gasteiger partial charge in [0.05, 0.1) is 22.5 Å². The summed E-state index contributed by atoms with van der Waals surface area (Å²) in [5.74, 6) is -0.0421. The fraction of sp³-hybridized carbons (Fsp3) is 0. The summed E-state index contributed by atoms with van der Waals surface area (Å²) in [6.45, 7) is 0. The fourth-order valence-electron chi connectivity index (χ4n) is 2.11. The number of nitrogens with one attached hydrogen (secondary N) is 1. The van der Waals surface area contributed by atoms with Gasteiger partial charge in [-0.25, -0.2) is 4.79 Å². The van der Waals surface area contributed by atoms with E-state index in [1.165, 1.54) is 24.4 Å². The van der Waals surface area contributed by atoms with Crippen LogP contribution in [0.15, 0.2) is 68.6 Å². The number of carbonyl (C=O) groups is 1. The Hall–Kier alpha value is -2.57. The minimum Gasteiger partial charge on any atom is -0.478 e. The third kappa shape index (κ3) is 4.29.